The first-order valence-electron chi connectivity index (χ1n) is 11.7. The summed E-state index contributed by atoms with van der Waals surface area (Å²) in [5.41, 5.74) is 9.83. The second kappa shape index (κ2) is 8.90. The summed E-state index contributed by atoms with van der Waals surface area (Å²) in [4.78, 5) is 41.5. The van der Waals surface area contributed by atoms with Crippen LogP contribution in [0.1, 0.15) is 51.9 Å². The number of nitrogens with two attached hydrogens (primary N) is 1. The number of primary amides is 1. The largest absolute Gasteiger partial charge is 0.497 e. The number of hydrogen-bond acceptors (Lipinski definition) is 5. The van der Waals surface area contributed by atoms with Crippen molar-refractivity contribution in [3.05, 3.63) is 65.0 Å². The van der Waals surface area contributed by atoms with Crippen LogP contribution in [0.5, 0.6) is 5.75 Å². The average Bonchev–Trinajstić information content (AvgIpc) is 3.48. The summed E-state index contributed by atoms with van der Waals surface area (Å²) < 4.78 is 6.89. The minimum atomic E-state index is -0.660. The van der Waals surface area contributed by atoms with Gasteiger partial charge in [0.15, 0.2) is 5.69 Å². The van der Waals surface area contributed by atoms with Crippen molar-refractivity contribution >= 4 is 29.1 Å². The number of fused-ring (bicyclic) bond motifs is 1. The molecule has 2 aliphatic rings. The van der Waals surface area contributed by atoms with E-state index in [1.165, 1.54) is 0 Å². The van der Waals surface area contributed by atoms with E-state index in [0.29, 0.717) is 55.0 Å². The van der Waals surface area contributed by atoms with Crippen LogP contribution in [0.4, 0.5) is 11.4 Å². The van der Waals surface area contributed by atoms with Crippen molar-refractivity contribution in [3.8, 4) is 11.4 Å². The summed E-state index contributed by atoms with van der Waals surface area (Å²) in [6.45, 7) is 3.11. The number of hydrogen-bond donors (Lipinski definition) is 1. The third kappa shape index (κ3) is 3.82. The van der Waals surface area contributed by atoms with E-state index in [2.05, 4.69) is 5.10 Å². The second-order valence-corrected chi connectivity index (χ2v) is 8.67. The van der Waals surface area contributed by atoms with Crippen molar-refractivity contribution < 1.29 is 19.1 Å². The average molecular weight is 474 g/mol. The minimum Gasteiger partial charge on any atom is -0.497 e. The lowest BCUT2D eigenvalue weighted by Gasteiger charge is -2.28. The number of rotatable bonds is 6. The van der Waals surface area contributed by atoms with E-state index in [1.807, 2.05) is 43.3 Å². The molecule has 3 aromatic rings. The van der Waals surface area contributed by atoms with Crippen molar-refractivity contribution in [1.82, 2.24) is 9.78 Å². The highest BCUT2D eigenvalue weighted by atomic mass is 16.5. The fraction of sp³-hybridized carbons (Fsp3) is 0.308. The Morgan fingerprint density at radius 3 is 2.34 bits per heavy atom. The number of aryl methyl sites for hydroxylation is 1. The van der Waals surface area contributed by atoms with Crippen LogP contribution < -0.4 is 20.3 Å². The Kier molecular flexibility index (Phi) is 5.76. The molecule has 2 aliphatic heterocycles. The maximum atomic E-state index is 13.8. The van der Waals surface area contributed by atoms with Gasteiger partial charge in [-0.15, -0.1) is 0 Å². The minimum absolute atomic E-state index is 0.116. The van der Waals surface area contributed by atoms with Crippen molar-refractivity contribution in [3.63, 3.8) is 0 Å². The van der Waals surface area contributed by atoms with Crippen LogP contribution in [0.2, 0.25) is 0 Å². The zero-order valence-electron chi connectivity index (χ0n) is 19.8. The Morgan fingerprint density at radius 1 is 1.03 bits per heavy atom. The molecule has 0 bridgehead atoms. The van der Waals surface area contributed by atoms with E-state index in [-0.39, 0.29) is 17.5 Å². The topological polar surface area (TPSA) is 111 Å². The maximum Gasteiger partial charge on any atom is 0.277 e. The summed E-state index contributed by atoms with van der Waals surface area (Å²) in [7, 11) is 1.60. The van der Waals surface area contributed by atoms with Crippen LogP contribution in [0.25, 0.3) is 5.69 Å². The molecule has 1 aromatic heterocycles. The molecule has 0 aliphatic carbocycles. The van der Waals surface area contributed by atoms with Gasteiger partial charge in [0, 0.05) is 36.4 Å². The van der Waals surface area contributed by atoms with E-state index in [1.54, 1.807) is 27.7 Å². The molecule has 0 saturated carbocycles. The molecule has 1 fully saturated rings. The smallest absolute Gasteiger partial charge is 0.277 e. The van der Waals surface area contributed by atoms with Crippen LogP contribution in [0.3, 0.4) is 0 Å². The number of methoxy groups -OCH3 is 1. The van der Waals surface area contributed by atoms with E-state index >= 15 is 0 Å². The number of amides is 3. The first-order valence-corrected chi connectivity index (χ1v) is 11.7. The number of carbonyl (C=O) groups is 3. The third-order valence-electron chi connectivity index (χ3n) is 6.69. The lowest BCUT2D eigenvalue weighted by Crippen LogP contribution is -2.39. The predicted octanol–water partition coefficient (Wildman–Crippen LogP) is 2.87. The number of anilines is 2. The number of nitrogens with zero attached hydrogens (tertiary/aromatic N) is 4. The highest BCUT2D eigenvalue weighted by Crippen LogP contribution is 2.32. The van der Waals surface area contributed by atoms with Gasteiger partial charge in [0.25, 0.3) is 11.8 Å². The Labute approximate surface area is 203 Å². The number of carbonyl (C=O) groups excluding carboxylic acids is 3. The van der Waals surface area contributed by atoms with Gasteiger partial charge in [0.05, 0.1) is 12.8 Å². The molecule has 9 nitrogen and oxygen atoms in total. The zero-order valence-corrected chi connectivity index (χ0v) is 19.8. The van der Waals surface area contributed by atoms with Crippen molar-refractivity contribution in [2.24, 2.45) is 5.73 Å². The molecule has 0 unspecified atom stereocenters. The molecular weight excluding hydrogens is 446 g/mol. The molecule has 1 saturated heterocycles. The summed E-state index contributed by atoms with van der Waals surface area (Å²) >= 11 is 0. The van der Waals surface area contributed by atoms with Gasteiger partial charge in [-0.3, -0.25) is 14.4 Å². The maximum absolute atomic E-state index is 13.8. The zero-order chi connectivity index (χ0) is 24.7. The van der Waals surface area contributed by atoms with E-state index < -0.39 is 5.91 Å². The summed E-state index contributed by atoms with van der Waals surface area (Å²) in [5.74, 6) is -0.0987. The van der Waals surface area contributed by atoms with Gasteiger partial charge in [-0.1, -0.05) is 6.92 Å². The Morgan fingerprint density at radius 2 is 1.74 bits per heavy atom. The third-order valence-corrected chi connectivity index (χ3v) is 6.69. The summed E-state index contributed by atoms with van der Waals surface area (Å²) in [6.07, 6.45) is 2.54. The van der Waals surface area contributed by atoms with Gasteiger partial charge in [-0.25, -0.2) is 4.68 Å². The van der Waals surface area contributed by atoms with Crippen LogP contribution in [-0.2, 0) is 17.6 Å². The second-order valence-electron chi connectivity index (χ2n) is 8.67. The highest BCUT2D eigenvalue weighted by molar-refractivity contribution is 6.09. The molecule has 9 heteroatoms. The molecule has 2 N–H and O–H groups in total. The molecular formula is C26H27N5O4. The van der Waals surface area contributed by atoms with Crippen molar-refractivity contribution in [2.75, 3.05) is 30.0 Å². The molecule has 0 spiro atoms. The highest BCUT2D eigenvalue weighted by Gasteiger charge is 2.35. The standard InChI is InChI=1S/C26H27N5O4/c1-3-16-15-19(35-2)10-11-21(16)31-24-20(23(28-31)25(27)33)12-14-30(26(24)34)18-8-6-17(7-9-18)29-13-4-5-22(29)32/h6-11,15H,3-5,12-14H2,1-2H3,(H2,27,33). The molecule has 180 valence electrons. The Hall–Kier alpha value is -4.14. The lowest BCUT2D eigenvalue weighted by molar-refractivity contribution is -0.117. The molecule has 3 amide bonds. The van der Waals surface area contributed by atoms with Crippen LogP contribution in [0.15, 0.2) is 42.5 Å². The molecule has 2 aromatic carbocycles. The summed E-state index contributed by atoms with van der Waals surface area (Å²) in [5, 5.41) is 4.49. The SMILES string of the molecule is CCc1cc(OC)ccc1-n1nc(C(N)=O)c2c1C(=O)N(c1ccc(N3CCCC3=O)cc1)CC2. The molecule has 5 rings (SSSR count). The van der Waals surface area contributed by atoms with Crippen LogP contribution >= 0.6 is 0 Å². The van der Waals surface area contributed by atoms with E-state index in [9.17, 15) is 14.4 Å². The quantitative estimate of drug-likeness (QED) is 0.592. The number of benzene rings is 2. The Balaban J connectivity index is 1.55. The molecule has 3 heterocycles. The van der Waals surface area contributed by atoms with Gasteiger partial charge in [0.1, 0.15) is 11.4 Å². The summed E-state index contributed by atoms with van der Waals surface area (Å²) in [6, 6.07) is 13.0. The lowest BCUT2D eigenvalue weighted by atomic mass is 10.0. The molecule has 0 atom stereocenters. The van der Waals surface area contributed by atoms with Gasteiger partial charge in [-0.2, -0.15) is 5.10 Å². The monoisotopic (exact) mass is 473 g/mol. The number of aromatic nitrogens is 2. The van der Waals surface area contributed by atoms with Gasteiger partial charge >= 0.3 is 0 Å². The van der Waals surface area contributed by atoms with E-state index in [4.69, 9.17) is 10.5 Å². The van der Waals surface area contributed by atoms with Crippen LogP contribution in [0, 0.1) is 0 Å². The van der Waals surface area contributed by atoms with Gasteiger partial charge < -0.3 is 20.3 Å². The molecule has 35 heavy (non-hydrogen) atoms. The Bertz CT molecular complexity index is 1330. The van der Waals surface area contributed by atoms with Gasteiger partial charge in [0.2, 0.25) is 5.91 Å². The fourth-order valence-corrected chi connectivity index (χ4v) is 4.89. The van der Waals surface area contributed by atoms with E-state index in [0.717, 1.165) is 23.4 Å². The van der Waals surface area contributed by atoms with Crippen molar-refractivity contribution in [1.29, 1.82) is 0 Å². The van der Waals surface area contributed by atoms with Crippen LogP contribution in [-0.4, -0.2) is 47.7 Å². The first kappa shape index (κ1) is 22.6. The van der Waals surface area contributed by atoms with Gasteiger partial charge in [-0.05, 0) is 67.3 Å². The predicted molar refractivity (Wildman–Crippen MR) is 131 cm³/mol. The van der Waals surface area contributed by atoms with Crippen molar-refractivity contribution in [2.45, 2.75) is 32.6 Å². The first-order chi connectivity index (χ1) is 16.9. The number of ether oxygens (including phenoxy) is 1. The molecule has 0 radical (unpaired) electrons. The fourth-order valence-electron chi connectivity index (χ4n) is 4.89. The normalized spacial score (nSPS) is 15.5.